The molecule has 14 nitrogen and oxygen atoms in total. The van der Waals surface area contributed by atoms with Crippen LogP contribution in [0.1, 0.15) is 0 Å². The summed E-state index contributed by atoms with van der Waals surface area (Å²) >= 11 is 0. The zero-order valence-corrected chi connectivity index (χ0v) is 28.3. The van der Waals surface area contributed by atoms with Gasteiger partial charge in [-0.1, -0.05) is 48.5 Å². The fraction of sp³-hybridized carbons (Fsp3) is 0. The maximum atomic E-state index is 8.49. The van der Waals surface area contributed by atoms with Gasteiger partial charge in [-0.25, -0.2) is 47.3 Å². The number of para-hydroxylation sites is 6. The Morgan fingerprint density at radius 1 is 0.423 bits per heavy atom. The standard InChI is InChI=1S/C36H28N6.2ClHO4/c1-7-19-35-27(11-1)13-9-21-41(35)29-23-37-31-15-3-5-17-33(31)39-25-30(26-40-34-18-6-4-16-32(34)38-24-29)42-22-10-14-28-12-2-8-20-36(28)42;2*2-1(3,4)5/h1-26,37,40H;2*(H,2,3,4,5)/q+2;;/p-2/b29-23+,30-26+,38-24?,39-25?;;. The number of hydrogen-bond donors (Lipinski definition) is 2. The van der Waals surface area contributed by atoms with Crippen molar-refractivity contribution in [2.45, 2.75) is 0 Å². The first-order chi connectivity index (χ1) is 24.8. The van der Waals surface area contributed by atoms with Crippen molar-refractivity contribution >= 4 is 68.4 Å². The highest BCUT2D eigenvalue weighted by molar-refractivity contribution is 6.03. The molecule has 0 bridgehead atoms. The summed E-state index contributed by atoms with van der Waals surface area (Å²) in [4.78, 5) is 9.91. The lowest BCUT2D eigenvalue weighted by atomic mass is 10.2. The average Bonchev–Trinajstić information content (AvgIpc) is 3.11. The molecule has 0 spiro atoms. The SMILES string of the molecule is C1=Nc2ccccc2N/C=C(/[n+]2cccc3ccccc32)C=Nc2ccccc2N/C=C\1[n+]1cccc2ccccc21.[O-][Cl+3]([O-])([O-])[O-].[O-][Cl+3]([O-])([O-])[O-]. The van der Waals surface area contributed by atoms with Crippen molar-refractivity contribution in [1.29, 1.82) is 0 Å². The molecule has 52 heavy (non-hydrogen) atoms. The lowest BCUT2D eigenvalue weighted by Crippen LogP contribution is -2.68. The minimum atomic E-state index is -4.94. The molecule has 4 aromatic carbocycles. The van der Waals surface area contributed by atoms with Gasteiger partial charge in [0, 0.05) is 35.0 Å². The molecule has 0 fully saturated rings. The predicted octanol–water partition coefficient (Wildman–Crippen LogP) is -2.00. The van der Waals surface area contributed by atoms with E-state index in [2.05, 4.69) is 80.7 Å². The van der Waals surface area contributed by atoms with E-state index in [-0.39, 0.29) is 0 Å². The Balaban J connectivity index is 0.000000464. The fourth-order valence-corrected chi connectivity index (χ4v) is 5.10. The predicted molar refractivity (Wildman–Crippen MR) is 173 cm³/mol. The molecule has 0 saturated heterocycles. The molecule has 2 aromatic heterocycles. The van der Waals surface area contributed by atoms with Crippen molar-refractivity contribution in [3.05, 3.63) is 146 Å². The number of pyridine rings is 2. The number of allylic oxidation sites excluding steroid dienone is 2. The number of rotatable bonds is 2. The summed E-state index contributed by atoms with van der Waals surface area (Å²) in [6.45, 7) is 0. The maximum Gasteiger partial charge on any atom is 0.245 e. The van der Waals surface area contributed by atoms with Crippen LogP contribution in [0.5, 0.6) is 0 Å². The molecule has 0 aliphatic carbocycles. The number of aliphatic imine (C=N–C) groups is 2. The second-order valence-electron chi connectivity index (χ2n) is 10.6. The van der Waals surface area contributed by atoms with E-state index < -0.39 is 20.5 Å². The van der Waals surface area contributed by atoms with Crippen LogP contribution >= 0.6 is 0 Å². The van der Waals surface area contributed by atoms with Gasteiger partial charge in [0.2, 0.25) is 22.4 Å². The first-order valence-electron chi connectivity index (χ1n) is 15.1. The molecule has 6 aromatic rings. The Morgan fingerprint density at radius 2 is 0.750 bits per heavy atom. The van der Waals surface area contributed by atoms with E-state index in [0.717, 1.165) is 55.9 Å². The molecule has 3 heterocycles. The summed E-state index contributed by atoms with van der Waals surface area (Å²) in [5.74, 6) is 0. The monoisotopic (exact) mass is 742 g/mol. The summed E-state index contributed by atoms with van der Waals surface area (Å²) in [5, 5.41) is 9.30. The fourth-order valence-electron chi connectivity index (χ4n) is 5.10. The normalized spacial score (nSPS) is 15.0. The number of anilines is 2. The van der Waals surface area contributed by atoms with Gasteiger partial charge >= 0.3 is 0 Å². The van der Waals surface area contributed by atoms with Gasteiger partial charge in [-0.05, 0) is 48.5 Å². The Morgan fingerprint density at radius 3 is 1.15 bits per heavy atom. The van der Waals surface area contributed by atoms with Crippen molar-refractivity contribution in [3.8, 4) is 0 Å². The number of benzene rings is 4. The maximum absolute atomic E-state index is 8.49. The van der Waals surface area contributed by atoms with Gasteiger partial charge in [0.1, 0.15) is 12.4 Å². The molecule has 0 saturated carbocycles. The highest BCUT2D eigenvalue weighted by atomic mass is 35.7. The summed E-state index contributed by atoms with van der Waals surface area (Å²) in [6.07, 6.45) is 11.8. The third kappa shape index (κ3) is 11.2. The smallest absolute Gasteiger partial charge is 0.245 e. The van der Waals surface area contributed by atoms with Crippen LogP contribution in [0.3, 0.4) is 0 Å². The molecule has 1 aliphatic rings. The van der Waals surface area contributed by atoms with Crippen molar-refractivity contribution in [3.63, 3.8) is 0 Å². The topological polar surface area (TPSA) is 241 Å². The van der Waals surface area contributed by atoms with Gasteiger partial charge in [0.25, 0.3) is 0 Å². The van der Waals surface area contributed by atoms with Crippen LogP contribution in [0.2, 0.25) is 0 Å². The van der Waals surface area contributed by atoms with Crippen LogP contribution in [0.25, 0.3) is 33.2 Å². The van der Waals surface area contributed by atoms with E-state index >= 15 is 0 Å². The van der Waals surface area contributed by atoms with Gasteiger partial charge in [0.05, 0.1) is 35.1 Å². The van der Waals surface area contributed by atoms with Crippen molar-refractivity contribution < 1.29 is 66.9 Å². The Kier molecular flexibility index (Phi) is 12.3. The molecular formula is C36H28Cl2N6O8. The first kappa shape index (κ1) is 37.6. The van der Waals surface area contributed by atoms with Gasteiger partial charge in [-0.15, -0.1) is 20.5 Å². The van der Waals surface area contributed by atoms with Crippen LogP contribution in [0.4, 0.5) is 22.7 Å². The quantitative estimate of drug-likeness (QED) is 0.185. The molecule has 264 valence electrons. The lowest BCUT2D eigenvalue weighted by molar-refractivity contribution is -2.00. The second kappa shape index (κ2) is 17.1. The number of aromatic nitrogens is 2. The molecule has 1 aliphatic heterocycles. The summed E-state index contributed by atoms with van der Waals surface area (Å²) < 4.78 is 72.2. The second-order valence-corrected chi connectivity index (χ2v) is 12.1. The molecule has 16 heteroatoms. The van der Waals surface area contributed by atoms with E-state index in [0.29, 0.717) is 0 Å². The van der Waals surface area contributed by atoms with Crippen molar-refractivity contribution in [1.82, 2.24) is 0 Å². The zero-order chi connectivity index (χ0) is 37.1. The first-order valence-corrected chi connectivity index (χ1v) is 17.5. The highest BCUT2D eigenvalue weighted by Crippen LogP contribution is 2.27. The van der Waals surface area contributed by atoms with Gasteiger partial charge in [0.15, 0.2) is 12.4 Å². The summed E-state index contributed by atoms with van der Waals surface area (Å²) in [6, 6.07) is 41.0. The van der Waals surface area contributed by atoms with E-state index in [1.54, 1.807) is 0 Å². The van der Waals surface area contributed by atoms with Crippen LogP contribution < -0.4 is 57.0 Å². The molecule has 0 amide bonds. The molecule has 7 rings (SSSR count). The van der Waals surface area contributed by atoms with Crippen LogP contribution in [0.15, 0.2) is 156 Å². The largest absolute Gasteiger partial charge is 0.354 e. The Labute approximate surface area is 301 Å². The van der Waals surface area contributed by atoms with Crippen molar-refractivity contribution in [2.75, 3.05) is 10.6 Å². The van der Waals surface area contributed by atoms with Gasteiger partial charge < -0.3 is 10.6 Å². The molecular weight excluding hydrogens is 715 g/mol. The van der Waals surface area contributed by atoms with Crippen LogP contribution in [0, 0.1) is 20.5 Å². The number of fused-ring (bicyclic) bond motifs is 4. The van der Waals surface area contributed by atoms with Crippen LogP contribution in [-0.2, 0) is 0 Å². The third-order valence-electron chi connectivity index (χ3n) is 7.20. The molecule has 0 radical (unpaired) electrons. The van der Waals surface area contributed by atoms with Crippen molar-refractivity contribution in [2.24, 2.45) is 9.98 Å². The number of nitrogens with zero attached hydrogens (tertiary/aromatic N) is 4. The molecule has 0 unspecified atom stereocenters. The number of halogens is 2. The van der Waals surface area contributed by atoms with E-state index in [1.807, 2.05) is 97.6 Å². The third-order valence-corrected chi connectivity index (χ3v) is 7.20. The van der Waals surface area contributed by atoms with E-state index in [9.17, 15) is 0 Å². The van der Waals surface area contributed by atoms with E-state index in [4.69, 9.17) is 47.3 Å². The number of hydrogen-bond acceptors (Lipinski definition) is 12. The highest BCUT2D eigenvalue weighted by Gasteiger charge is 2.16. The van der Waals surface area contributed by atoms with E-state index in [1.165, 1.54) is 0 Å². The number of nitrogens with one attached hydrogen (secondary N) is 2. The van der Waals surface area contributed by atoms with Gasteiger partial charge in [-0.3, -0.25) is 0 Å². The minimum absolute atomic E-state index is 0.817. The lowest BCUT2D eigenvalue weighted by Gasteiger charge is -2.17. The average molecular weight is 744 g/mol. The Hall–Kier alpha value is -5.62. The molecule has 2 N–H and O–H groups in total. The summed E-state index contributed by atoms with van der Waals surface area (Å²) in [5.41, 5.74) is 7.31. The van der Waals surface area contributed by atoms with Crippen LogP contribution in [-0.4, -0.2) is 12.4 Å². The van der Waals surface area contributed by atoms with Gasteiger partial charge in [-0.2, -0.15) is 9.13 Å². The Bertz CT molecular complexity index is 2100. The molecule has 0 atom stereocenters. The minimum Gasteiger partial charge on any atom is -0.354 e. The summed E-state index contributed by atoms with van der Waals surface area (Å²) in [7, 11) is -9.89. The zero-order valence-electron chi connectivity index (χ0n) is 26.8.